The zero-order chi connectivity index (χ0) is 15.0. The van der Waals surface area contributed by atoms with Crippen molar-refractivity contribution in [2.24, 2.45) is 11.7 Å². The van der Waals surface area contributed by atoms with Crippen LogP contribution < -0.4 is 16.0 Å². The van der Waals surface area contributed by atoms with E-state index in [1.807, 2.05) is 18.4 Å². The van der Waals surface area contributed by atoms with Gasteiger partial charge in [0.15, 0.2) is 0 Å². The van der Waals surface area contributed by atoms with Crippen molar-refractivity contribution in [2.45, 2.75) is 23.8 Å². The molecule has 3 rings (SSSR count). The van der Waals surface area contributed by atoms with E-state index in [4.69, 9.17) is 18.0 Å². The molecule has 112 valence electrons. The van der Waals surface area contributed by atoms with Gasteiger partial charge in [0.25, 0.3) is 0 Å². The molecular weight excluding hydrogens is 302 g/mol. The van der Waals surface area contributed by atoms with Gasteiger partial charge in [-0.25, -0.2) is 0 Å². The summed E-state index contributed by atoms with van der Waals surface area (Å²) in [4.78, 5) is 15.8. The minimum Gasteiger partial charge on any atom is -0.389 e. The second kappa shape index (κ2) is 5.85. The van der Waals surface area contributed by atoms with Crippen molar-refractivity contribution in [1.29, 1.82) is 0 Å². The van der Waals surface area contributed by atoms with E-state index in [1.54, 1.807) is 11.8 Å². The van der Waals surface area contributed by atoms with E-state index in [-0.39, 0.29) is 17.9 Å². The molecule has 2 heterocycles. The Morgan fingerprint density at radius 3 is 3.05 bits per heavy atom. The lowest BCUT2D eigenvalue weighted by molar-refractivity contribution is -0.122. The summed E-state index contributed by atoms with van der Waals surface area (Å²) in [5.41, 5.74) is 7.99. The van der Waals surface area contributed by atoms with Gasteiger partial charge in [0, 0.05) is 29.2 Å². The van der Waals surface area contributed by atoms with Crippen molar-refractivity contribution in [3.63, 3.8) is 0 Å². The topological polar surface area (TPSA) is 58.4 Å². The summed E-state index contributed by atoms with van der Waals surface area (Å²) in [5.74, 6) is 0.276. The van der Waals surface area contributed by atoms with Crippen LogP contribution in [0.2, 0.25) is 0 Å². The molecule has 0 spiro atoms. The third-order valence-electron chi connectivity index (χ3n) is 4.38. The third kappa shape index (κ3) is 2.51. The van der Waals surface area contributed by atoms with E-state index in [0.29, 0.717) is 11.5 Å². The first kappa shape index (κ1) is 14.7. The standard InChI is InChI=1S/C15H19N3OS2/c1-21-12-6-2-5-10(13(12)14(16)20)18-7-3-4-9-11(18)8-17-15(9)19/h2,5-6,9,11H,3-4,7-8H2,1H3,(H2,16,20)(H,17,19). The van der Waals surface area contributed by atoms with Gasteiger partial charge in [-0.15, -0.1) is 11.8 Å². The number of rotatable bonds is 3. The van der Waals surface area contributed by atoms with Gasteiger partial charge in [-0.05, 0) is 31.2 Å². The molecule has 0 bridgehead atoms. The van der Waals surface area contributed by atoms with Crippen LogP contribution in [-0.4, -0.2) is 36.3 Å². The summed E-state index contributed by atoms with van der Waals surface area (Å²) in [6.45, 7) is 1.66. The Labute approximate surface area is 134 Å². The molecule has 21 heavy (non-hydrogen) atoms. The molecule has 4 nitrogen and oxygen atoms in total. The molecule has 2 aliphatic heterocycles. The second-order valence-corrected chi connectivity index (χ2v) is 6.76. The lowest BCUT2D eigenvalue weighted by atomic mass is 9.90. The molecule has 2 aliphatic rings. The first-order valence-electron chi connectivity index (χ1n) is 7.14. The molecule has 2 atom stereocenters. The number of thioether (sulfide) groups is 1. The highest BCUT2D eigenvalue weighted by molar-refractivity contribution is 7.98. The summed E-state index contributed by atoms with van der Waals surface area (Å²) in [7, 11) is 0. The summed E-state index contributed by atoms with van der Waals surface area (Å²) >= 11 is 6.92. The molecule has 0 aromatic heterocycles. The number of nitrogens with zero attached hydrogens (tertiary/aromatic N) is 1. The van der Waals surface area contributed by atoms with Crippen molar-refractivity contribution in [1.82, 2.24) is 5.32 Å². The van der Waals surface area contributed by atoms with Crippen LogP contribution in [0.15, 0.2) is 23.1 Å². The number of hydrogen-bond acceptors (Lipinski definition) is 4. The molecule has 0 aliphatic carbocycles. The van der Waals surface area contributed by atoms with Gasteiger partial charge in [-0.1, -0.05) is 18.3 Å². The second-order valence-electron chi connectivity index (χ2n) is 5.47. The maximum atomic E-state index is 11.9. The summed E-state index contributed by atoms with van der Waals surface area (Å²) in [5, 5.41) is 2.99. The Bertz CT molecular complexity index is 590. The van der Waals surface area contributed by atoms with Crippen LogP contribution in [-0.2, 0) is 4.79 Å². The lowest BCUT2D eigenvalue weighted by Crippen LogP contribution is -2.46. The average molecular weight is 321 g/mol. The number of thiocarbonyl (C=S) groups is 1. The van der Waals surface area contributed by atoms with Crippen molar-refractivity contribution >= 4 is 40.6 Å². The van der Waals surface area contributed by atoms with Crippen molar-refractivity contribution in [2.75, 3.05) is 24.2 Å². The van der Waals surface area contributed by atoms with Crippen molar-refractivity contribution < 1.29 is 4.79 Å². The number of hydrogen-bond donors (Lipinski definition) is 2. The molecular formula is C15H19N3OS2. The monoisotopic (exact) mass is 321 g/mol. The first-order valence-corrected chi connectivity index (χ1v) is 8.78. The first-order chi connectivity index (χ1) is 10.1. The van der Waals surface area contributed by atoms with Crippen LogP contribution in [0, 0.1) is 5.92 Å². The number of piperidine rings is 1. The summed E-state index contributed by atoms with van der Waals surface area (Å²) < 4.78 is 0. The minimum atomic E-state index is 0.0934. The zero-order valence-corrected chi connectivity index (χ0v) is 13.6. The Morgan fingerprint density at radius 2 is 2.33 bits per heavy atom. The predicted octanol–water partition coefficient (Wildman–Crippen LogP) is 1.76. The van der Waals surface area contributed by atoms with Crippen molar-refractivity contribution in [3.05, 3.63) is 23.8 Å². The fourth-order valence-electron chi connectivity index (χ4n) is 3.43. The Morgan fingerprint density at radius 1 is 1.52 bits per heavy atom. The van der Waals surface area contributed by atoms with Gasteiger partial charge in [-0.2, -0.15) is 0 Å². The van der Waals surface area contributed by atoms with Crippen LogP contribution in [0.25, 0.3) is 0 Å². The number of fused-ring (bicyclic) bond motifs is 1. The predicted molar refractivity (Wildman–Crippen MR) is 91.0 cm³/mol. The third-order valence-corrected chi connectivity index (χ3v) is 5.37. The van der Waals surface area contributed by atoms with Crippen LogP contribution in [0.3, 0.4) is 0 Å². The van der Waals surface area contributed by atoms with Crippen LogP contribution >= 0.6 is 24.0 Å². The van der Waals surface area contributed by atoms with E-state index >= 15 is 0 Å². The van der Waals surface area contributed by atoms with Crippen LogP contribution in [0.5, 0.6) is 0 Å². The maximum Gasteiger partial charge on any atom is 0.225 e. The molecule has 1 aromatic rings. The highest BCUT2D eigenvalue weighted by Crippen LogP contribution is 2.36. The Hall–Kier alpha value is -1.27. The van der Waals surface area contributed by atoms with E-state index < -0.39 is 0 Å². The maximum absolute atomic E-state index is 11.9. The molecule has 6 heteroatoms. The molecule has 0 radical (unpaired) electrons. The fraction of sp³-hybridized carbons (Fsp3) is 0.467. The number of nitrogens with one attached hydrogen (secondary N) is 1. The van der Waals surface area contributed by atoms with Crippen LogP contribution in [0.1, 0.15) is 18.4 Å². The molecule has 2 fully saturated rings. The highest BCUT2D eigenvalue weighted by atomic mass is 32.2. The number of nitrogens with two attached hydrogens (primary N) is 1. The largest absolute Gasteiger partial charge is 0.389 e. The van der Waals surface area contributed by atoms with E-state index in [2.05, 4.69) is 16.3 Å². The van der Waals surface area contributed by atoms with Gasteiger partial charge in [0.2, 0.25) is 5.91 Å². The number of carbonyl (C=O) groups is 1. The molecule has 1 amide bonds. The number of anilines is 1. The van der Waals surface area contributed by atoms with Crippen molar-refractivity contribution in [3.8, 4) is 0 Å². The molecule has 2 unspecified atom stereocenters. The van der Waals surface area contributed by atoms with E-state index in [1.165, 1.54) is 0 Å². The normalized spacial score (nSPS) is 24.6. The number of amides is 1. The van der Waals surface area contributed by atoms with Gasteiger partial charge in [0.05, 0.1) is 12.0 Å². The zero-order valence-electron chi connectivity index (χ0n) is 12.0. The summed E-state index contributed by atoms with van der Waals surface area (Å²) in [6.07, 6.45) is 4.02. The molecule has 0 saturated carbocycles. The smallest absolute Gasteiger partial charge is 0.225 e. The SMILES string of the molecule is CSc1cccc(N2CCCC3C(=O)NCC32)c1C(N)=S. The fourth-order valence-corrected chi connectivity index (χ4v) is 4.34. The van der Waals surface area contributed by atoms with Gasteiger partial charge in [0.1, 0.15) is 4.99 Å². The molecule has 3 N–H and O–H groups in total. The van der Waals surface area contributed by atoms with Gasteiger partial charge >= 0.3 is 0 Å². The Balaban J connectivity index is 2.03. The van der Waals surface area contributed by atoms with Gasteiger partial charge < -0.3 is 16.0 Å². The lowest BCUT2D eigenvalue weighted by Gasteiger charge is -2.39. The minimum absolute atomic E-state index is 0.0934. The van der Waals surface area contributed by atoms with Gasteiger partial charge in [-0.3, -0.25) is 4.79 Å². The number of carbonyl (C=O) groups excluding carboxylic acids is 1. The van der Waals surface area contributed by atoms with E-state index in [0.717, 1.165) is 35.5 Å². The molecule has 2 saturated heterocycles. The summed E-state index contributed by atoms with van der Waals surface area (Å²) in [6, 6.07) is 6.37. The Kier molecular flexibility index (Phi) is 4.08. The van der Waals surface area contributed by atoms with Crippen LogP contribution in [0.4, 0.5) is 5.69 Å². The highest BCUT2D eigenvalue weighted by Gasteiger charge is 2.41. The average Bonchev–Trinajstić information content (AvgIpc) is 2.88. The number of benzene rings is 1. The van der Waals surface area contributed by atoms with E-state index in [9.17, 15) is 4.79 Å². The quantitative estimate of drug-likeness (QED) is 0.656. The molecule has 1 aromatic carbocycles.